The molecule has 0 spiro atoms. The van der Waals surface area contributed by atoms with Gasteiger partial charge in [0.1, 0.15) is 19.3 Å². The Balaban J connectivity index is 5.20. The largest absolute Gasteiger partial charge is 0.472 e. The van der Waals surface area contributed by atoms with Crippen LogP contribution >= 0.6 is 15.6 Å². The number of hydrogen-bond donors (Lipinski definition) is 3. The molecule has 0 saturated carbocycles. The van der Waals surface area contributed by atoms with E-state index in [4.69, 9.17) is 37.0 Å². The minimum absolute atomic E-state index is 0.108. The van der Waals surface area contributed by atoms with E-state index in [1.807, 2.05) is 0 Å². The Kier molecular flexibility index (Phi) is 66.8. The van der Waals surface area contributed by atoms with E-state index in [2.05, 4.69) is 34.6 Å². The lowest BCUT2D eigenvalue weighted by Crippen LogP contribution is -2.30. The van der Waals surface area contributed by atoms with E-state index in [0.29, 0.717) is 25.7 Å². The third-order valence-electron chi connectivity index (χ3n) is 17.5. The molecule has 0 saturated heterocycles. The smallest absolute Gasteiger partial charge is 0.462 e. The number of carbonyl (C=O) groups is 4. The number of unbranched alkanes of at least 4 members (excludes halogenated alkanes) is 47. The van der Waals surface area contributed by atoms with Crippen LogP contribution in [0.25, 0.3) is 0 Å². The van der Waals surface area contributed by atoms with Crippen molar-refractivity contribution in [2.24, 2.45) is 5.92 Å². The fraction of sp³-hybridized carbons (Fsp3) is 0.947. The van der Waals surface area contributed by atoms with Crippen LogP contribution < -0.4 is 0 Å². The van der Waals surface area contributed by atoms with E-state index in [9.17, 15) is 43.2 Å². The van der Waals surface area contributed by atoms with Crippen molar-refractivity contribution in [3.63, 3.8) is 0 Å². The van der Waals surface area contributed by atoms with Gasteiger partial charge in [0.2, 0.25) is 0 Å². The first-order valence-electron chi connectivity index (χ1n) is 39.1. The van der Waals surface area contributed by atoms with Crippen molar-refractivity contribution in [2.45, 2.75) is 412 Å². The number of aliphatic hydroxyl groups is 1. The third-order valence-corrected chi connectivity index (χ3v) is 19.4. The number of phosphoric ester groups is 2. The van der Waals surface area contributed by atoms with Gasteiger partial charge in [-0.1, -0.05) is 343 Å². The summed E-state index contributed by atoms with van der Waals surface area (Å²) < 4.78 is 68.4. The van der Waals surface area contributed by atoms with Gasteiger partial charge in [-0.2, -0.15) is 0 Å². The summed E-state index contributed by atoms with van der Waals surface area (Å²) in [5.74, 6) is -1.37. The van der Waals surface area contributed by atoms with Crippen LogP contribution in [0.3, 0.4) is 0 Å². The molecule has 17 nitrogen and oxygen atoms in total. The molecule has 0 aromatic heterocycles. The lowest BCUT2D eigenvalue weighted by Gasteiger charge is -2.21. The highest BCUT2D eigenvalue weighted by Crippen LogP contribution is 2.45. The molecule has 5 atom stereocenters. The minimum Gasteiger partial charge on any atom is -0.462 e. The summed E-state index contributed by atoms with van der Waals surface area (Å²) in [6, 6.07) is 0. The second kappa shape index (κ2) is 68.2. The molecule has 0 aliphatic rings. The van der Waals surface area contributed by atoms with Gasteiger partial charge in [0.05, 0.1) is 26.4 Å². The number of phosphoric acid groups is 2. The SMILES string of the molecule is CCCCCCCCCCCCCCCCCCCCCCC(=O)O[C@H](COC(=O)CCCCCCCCCCCC(C)C)COP(=O)(O)OC[C@@H](O)COP(=O)(O)OC[C@@H](COC(=O)CCCCCCCCCCCC)OC(=O)CCCCCCCCCCCCCC. The maximum Gasteiger partial charge on any atom is 0.472 e. The van der Waals surface area contributed by atoms with E-state index < -0.39 is 97.5 Å². The van der Waals surface area contributed by atoms with E-state index in [1.165, 1.54) is 218 Å². The molecule has 94 heavy (non-hydrogen) atoms. The van der Waals surface area contributed by atoms with Crippen LogP contribution in [0, 0.1) is 5.92 Å². The van der Waals surface area contributed by atoms with Crippen LogP contribution in [-0.2, 0) is 65.4 Å². The Morgan fingerprint density at radius 3 is 0.723 bits per heavy atom. The molecule has 3 N–H and O–H groups in total. The van der Waals surface area contributed by atoms with E-state index in [-0.39, 0.29) is 25.7 Å². The summed E-state index contributed by atoms with van der Waals surface area (Å²) >= 11 is 0. The molecule has 19 heteroatoms. The molecule has 0 aliphatic carbocycles. The van der Waals surface area contributed by atoms with Crippen LogP contribution in [0.1, 0.15) is 394 Å². The average molecular weight is 1380 g/mol. The normalized spacial score (nSPS) is 14.0. The predicted octanol–water partition coefficient (Wildman–Crippen LogP) is 22.1. The molecular formula is C75H146O17P2. The maximum absolute atomic E-state index is 13.1. The van der Waals surface area contributed by atoms with Crippen molar-refractivity contribution in [2.75, 3.05) is 39.6 Å². The van der Waals surface area contributed by atoms with Gasteiger partial charge >= 0.3 is 39.5 Å². The maximum atomic E-state index is 13.1. The molecule has 0 aromatic rings. The summed E-state index contributed by atoms with van der Waals surface area (Å²) in [6.07, 6.45) is 56.9. The molecule has 0 amide bonds. The Hall–Kier alpha value is -1.94. The van der Waals surface area contributed by atoms with Crippen molar-refractivity contribution in [3.8, 4) is 0 Å². The third kappa shape index (κ3) is 68.6. The van der Waals surface area contributed by atoms with Crippen molar-refractivity contribution in [3.05, 3.63) is 0 Å². The number of carbonyl (C=O) groups excluding carboxylic acids is 4. The van der Waals surface area contributed by atoms with Gasteiger partial charge in [-0.15, -0.1) is 0 Å². The van der Waals surface area contributed by atoms with Crippen LogP contribution in [-0.4, -0.2) is 96.7 Å². The molecule has 0 rings (SSSR count). The zero-order chi connectivity index (χ0) is 69.1. The number of rotatable bonds is 75. The van der Waals surface area contributed by atoms with Crippen LogP contribution in [0.2, 0.25) is 0 Å². The second-order valence-corrected chi connectivity index (χ2v) is 30.4. The molecule has 0 heterocycles. The van der Waals surface area contributed by atoms with Crippen molar-refractivity contribution >= 4 is 39.5 Å². The Bertz CT molecular complexity index is 1810. The Labute approximate surface area is 575 Å². The average Bonchev–Trinajstić information content (AvgIpc) is 2.50. The first-order valence-corrected chi connectivity index (χ1v) is 42.1. The first-order chi connectivity index (χ1) is 45.5. The summed E-state index contributed by atoms with van der Waals surface area (Å²) in [5.41, 5.74) is 0. The first kappa shape index (κ1) is 92.1. The molecular weight excluding hydrogens is 1230 g/mol. The van der Waals surface area contributed by atoms with Gasteiger partial charge in [-0.3, -0.25) is 37.3 Å². The van der Waals surface area contributed by atoms with Crippen molar-refractivity contribution < 1.29 is 80.2 Å². The lowest BCUT2D eigenvalue weighted by molar-refractivity contribution is -0.161. The predicted molar refractivity (Wildman–Crippen MR) is 382 cm³/mol. The summed E-state index contributed by atoms with van der Waals surface area (Å²) in [6.45, 7) is 7.26. The topological polar surface area (TPSA) is 237 Å². The van der Waals surface area contributed by atoms with Gasteiger partial charge in [0, 0.05) is 25.7 Å². The second-order valence-electron chi connectivity index (χ2n) is 27.5. The molecule has 0 radical (unpaired) electrons. The standard InChI is InChI=1S/C75H146O17P2/c1-6-9-12-15-18-21-24-26-27-28-29-30-31-32-33-35-40-46-51-56-61-75(80)92-71(65-86-73(78)59-54-49-44-41-36-37-42-47-52-57-68(4)5)67-90-94(83,84)88-63-69(76)62-87-93(81,82)89-66-70(64-85-72(77)58-53-48-43-38-23-20-17-14-11-8-3)91-74(79)60-55-50-45-39-34-25-22-19-16-13-10-7-2/h68-71,76H,6-67H2,1-5H3,(H,81,82)(H,83,84)/t69-,70+,71+/m0/s1. The van der Waals surface area contributed by atoms with Crippen LogP contribution in [0.5, 0.6) is 0 Å². The molecule has 0 aromatic carbocycles. The van der Waals surface area contributed by atoms with Crippen molar-refractivity contribution in [1.82, 2.24) is 0 Å². The number of ether oxygens (including phenoxy) is 4. The van der Waals surface area contributed by atoms with Crippen molar-refractivity contribution in [1.29, 1.82) is 0 Å². The molecule has 0 bridgehead atoms. The Morgan fingerprint density at radius 1 is 0.287 bits per heavy atom. The highest BCUT2D eigenvalue weighted by atomic mass is 31.2. The van der Waals surface area contributed by atoms with E-state index in [0.717, 1.165) is 95.8 Å². The lowest BCUT2D eigenvalue weighted by atomic mass is 10.0. The van der Waals surface area contributed by atoms with E-state index in [1.54, 1.807) is 0 Å². The van der Waals surface area contributed by atoms with Gasteiger partial charge < -0.3 is 33.8 Å². The fourth-order valence-electron chi connectivity index (χ4n) is 11.5. The Morgan fingerprint density at radius 2 is 0.489 bits per heavy atom. The van der Waals surface area contributed by atoms with E-state index >= 15 is 0 Å². The number of esters is 4. The van der Waals surface area contributed by atoms with Gasteiger partial charge in [-0.25, -0.2) is 9.13 Å². The van der Waals surface area contributed by atoms with Crippen LogP contribution in [0.4, 0.5) is 0 Å². The molecule has 2 unspecified atom stereocenters. The van der Waals surface area contributed by atoms with Crippen LogP contribution in [0.15, 0.2) is 0 Å². The molecule has 0 fully saturated rings. The summed E-state index contributed by atoms with van der Waals surface area (Å²) in [5, 5.41) is 10.6. The summed E-state index contributed by atoms with van der Waals surface area (Å²) in [7, 11) is -9.91. The molecule has 558 valence electrons. The molecule has 0 aliphatic heterocycles. The zero-order valence-electron chi connectivity index (χ0n) is 61.1. The number of hydrogen-bond acceptors (Lipinski definition) is 15. The summed E-state index contributed by atoms with van der Waals surface area (Å²) in [4.78, 5) is 72.7. The quantitative estimate of drug-likeness (QED) is 0.0222. The fourth-order valence-corrected chi connectivity index (χ4v) is 13.1. The minimum atomic E-state index is -4.95. The number of aliphatic hydroxyl groups excluding tert-OH is 1. The monoisotopic (exact) mass is 1380 g/mol. The highest BCUT2D eigenvalue weighted by molar-refractivity contribution is 7.47. The van der Waals surface area contributed by atoms with Gasteiger partial charge in [0.25, 0.3) is 0 Å². The van der Waals surface area contributed by atoms with Gasteiger partial charge in [0.15, 0.2) is 12.2 Å². The zero-order valence-corrected chi connectivity index (χ0v) is 62.9. The van der Waals surface area contributed by atoms with Gasteiger partial charge in [-0.05, 0) is 31.6 Å². The highest BCUT2D eigenvalue weighted by Gasteiger charge is 2.30.